The summed E-state index contributed by atoms with van der Waals surface area (Å²) in [5.74, 6) is -0.531. The third kappa shape index (κ3) is 4.51. The Morgan fingerprint density at radius 2 is 1.96 bits per heavy atom. The van der Waals surface area contributed by atoms with Gasteiger partial charge < -0.3 is 4.74 Å². The largest absolute Gasteiger partial charge is 0.444 e. The Labute approximate surface area is 157 Å². The number of Topliss-reactive ketones (excluding diaryl/α,β-unsaturated/α-hetero) is 1. The summed E-state index contributed by atoms with van der Waals surface area (Å²) in [6, 6.07) is 4.29. The molecule has 7 heteroatoms. The molecule has 27 heavy (non-hydrogen) atoms. The zero-order valence-electron chi connectivity index (χ0n) is 15.7. The molecule has 0 aromatic heterocycles. The van der Waals surface area contributed by atoms with Crippen molar-refractivity contribution in [3.05, 3.63) is 48.0 Å². The molecule has 0 bridgehead atoms. The Morgan fingerprint density at radius 1 is 1.30 bits per heavy atom. The summed E-state index contributed by atoms with van der Waals surface area (Å²) in [7, 11) is 0. The van der Waals surface area contributed by atoms with Gasteiger partial charge in [0.2, 0.25) is 0 Å². The molecule has 0 N–H and O–H groups in total. The second-order valence-electron chi connectivity index (χ2n) is 7.67. The van der Waals surface area contributed by atoms with E-state index in [1.807, 2.05) is 0 Å². The maximum absolute atomic E-state index is 13.3. The molecule has 0 spiro atoms. The van der Waals surface area contributed by atoms with Crippen LogP contribution >= 0.6 is 0 Å². The highest BCUT2D eigenvalue weighted by Crippen LogP contribution is 2.38. The molecule has 1 aliphatic rings. The average molecular weight is 383 g/mol. The first-order chi connectivity index (χ1) is 12.4. The van der Waals surface area contributed by atoms with Gasteiger partial charge >= 0.3 is 12.3 Å². The van der Waals surface area contributed by atoms with Crippen molar-refractivity contribution in [1.29, 1.82) is 0 Å². The Hall–Kier alpha value is -2.31. The highest BCUT2D eigenvalue weighted by molar-refractivity contribution is 6.05. The smallest absolute Gasteiger partial charge is 0.416 e. The summed E-state index contributed by atoms with van der Waals surface area (Å²) in [5, 5.41) is 0. The molecule has 148 valence electrons. The minimum absolute atomic E-state index is 0.0814. The predicted octanol–water partition coefficient (Wildman–Crippen LogP) is 5.23. The normalized spacial score (nSPS) is 20.4. The second kappa shape index (κ2) is 7.37. The molecule has 1 atom stereocenters. The van der Waals surface area contributed by atoms with E-state index in [9.17, 15) is 22.8 Å². The lowest BCUT2D eigenvalue weighted by atomic mass is 9.83. The standard InChI is InChI=1S/C20H24F3NO3/c1-5-10-19(11-7-12-24(19)17(26)27-18(2,3)4)16(25)14-8-6-9-15(13-14)20(21,22)23/h5-6,8-9,13H,1,7,10-12H2,2-4H3/t19-/m1/s1. The maximum Gasteiger partial charge on any atom is 0.416 e. The molecule has 1 aromatic rings. The number of carbonyl (C=O) groups is 2. The quantitative estimate of drug-likeness (QED) is 0.528. The monoisotopic (exact) mass is 383 g/mol. The van der Waals surface area contributed by atoms with Crippen molar-refractivity contribution in [1.82, 2.24) is 4.90 Å². The summed E-state index contributed by atoms with van der Waals surface area (Å²) in [6.07, 6.45) is -2.66. The van der Waals surface area contributed by atoms with Crippen molar-refractivity contribution in [2.24, 2.45) is 0 Å². The molecular weight excluding hydrogens is 359 g/mol. The number of rotatable bonds is 4. The molecule has 1 saturated heterocycles. The number of halogens is 3. The Balaban J connectivity index is 2.44. The molecule has 1 amide bonds. The van der Waals surface area contributed by atoms with Crippen LogP contribution in [-0.2, 0) is 10.9 Å². The minimum atomic E-state index is -4.55. The molecule has 1 heterocycles. The van der Waals surface area contributed by atoms with E-state index in [1.165, 1.54) is 23.1 Å². The first-order valence-corrected chi connectivity index (χ1v) is 8.74. The van der Waals surface area contributed by atoms with Crippen molar-refractivity contribution in [2.75, 3.05) is 6.54 Å². The van der Waals surface area contributed by atoms with Gasteiger partial charge in [0.05, 0.1) is 5.56 Å². The highest BCUT2D eigenvalue weighted by atomic mass is 19.4. The van der Waals surface area contributed by atoms with Crippen LogP contribution in [0.5, 0.6) is 0 Å². The van der Waals surface area contributed by atoms with Gasteiger partial charge in [0.1, 0.15) is 11.1 Å². The van der Waals surface area contributed by atoms with E-state index >= 15 is 0 Å². The van der Waals surface area contributed by atoms with Crippen molar-refractivity contribution < 1.29 is 27.5 Å². The Kier molecular flexibility index (Phi) is 5.73. The van der Waals surface area contributed by atoms with E-state index in [1.54, 1.807) is 20.8 Å². The molecule has 4 nitrogen and oxygen atoms in total. The molecule has 1 aliphatic heterocycles. The van der Waals surface area contributed by atoms with Crippen LogP contribution in [0.1, 0.15) is 56.0 Å². The molecule has 0 aliphatic carbocycles. The number of hydrogen-bond donors (Lipinski definition) is 0. The van der Waals surface area contributed by atoms with Gasteiger partial charge in [-0.15, -0.1) is 6.58 Å². The van der Waals surface area contributed by atoms with Crippen LogP contribution in [0.4, 0.5) is 18.0 Å². The maximum atomic E-state index is 13.3. The number of hydrogen-bond acceptors (Lipinski definition) is 3. The second-order valence-corrected chi connectivity index (χ2v) is 7.67. The van der Waals surface area contributed by atoms with Crippen molar-refractivity contribution in [3.63, 3.8) is 0 Å². The highest BCUT2D eigenvalue weighted by Gasteiger charge is 2.50. The van der Waals surface area contributed by atoms with E-state index in [-0.39, 0.29) is 12.0 Å². The fourth-order valence-electron chi connectivity index (χ4n) is 3.35. The Bertz CT molecular complexity index is 737. The van der Waals surface area contributed by atoms with Gasteiger partial charge in [0.15, 0.2) is 5.78 Å². The first kappa shape index (κ1) is 21.0. The molecular formula is C20H24F3NO3. The molecule has 1 fully saturated rings. The summed E-state index contributed by atoms with van der Waals surface area (Å²) in [6.45, 7) is 9.10. The van der Waals surface area contributed by atoms with Crippen LogP contribution in [0, 0.1) is 0 Å². The molecule has 0 unspecified atom stereocenters. The third-order valence-electron chi connectivity index (χ3n) is 4.46. The number of amides is 1. The van der Waals surface area contributed by atoms with Crippen LogP contribution in [-0.4, -0.2) is 34.5 Å². The minimum Gasteiger partial charge on any atom is -0.444 e. The third-order valence-corrected chi connectivity index (χ3v) is 4.46. The number of alkyl halides is 3. The van der Waals surface area contributed by atoms with Crippen LogP contribution in [0.15, 0.2) is 36.9 Å². The van der Waals surface area contributed by atoms with Gasteiger partial charge in [-0.1, -0.05) is 18.2 Å². The number of likely N-dealkylation sites (tertiary alicyclic amines) is 1. The topological polar surface area (TPSA) is 46.6 Å². The molecule has 1 aromatic carbocycles. The fraction of sp³-hybridized carbons (Fsp3) is 0.500. The lowest BCUT2D eigenvalue weighted by Gasteiger charge is -2.37. The van der Waals surface area contributed by atoms with Crippen molar-refractivity contribution in [2.45, 2.75) is 57.3 Å². The van der Waals surface area contributed by atoms with Crippen LogP contribution in [0.3, 0.4) is 0 Å². The van der Waals surface area contributed by atoms with Crippen LogP contribution in [0.25, 0.3) is 0 Å². The van der Waals surface area contributed by atoms with E-state index in [0.717, 1.165) is 12.1 Å². The summed E-state index contributed by atoms with van der Waals surface area (Å²) in [4.78, 5) is 27.2. The van der Waals surface area contributed by atoms with E-state index in [4.69, 9.17) is 4.74 Å². The molecule has 0 radical (unpaired) electrons. The Morgan fingerprint density at radius 3 is 2.52 bits per heavy atom. The average Bonchev–Trinajstić information content (AvgIpc) is 2.97. The van der Waals surface area contributed by atoms with E-state index in [2.05, 4.69) is 6.58 Å². The first-order valence-electron chi connectivity index (χ1n) is 8.74. The summed E-state index contributed by atoms with van der Waals surface area (Å²) < 4.78 is 44.5. The van der Waals surface area contributed by atoms with Gasteiger partial charge in [-0.3, -0.25) is 9.69 Å². The van der Waals surface area contributed by atoms with Gasteiger partial charge in [-0.25, -0.2) is 4.79 Å². The summed E-state index contributed by atoms with van der Waals surface area (Å²) >= 11 is 0. The number of nitrogens with zero attached hydrogens (tertiary/aromatic N) is 1. The van der Waals surface area contributed by atoms with E-state index < -0.39 is 34.8 Å². The summed E-state index contributed by atoms with van der Waals surface area (Å²) in [5.41, 5.74) is -3.02. The number of benzene rings is 1. The SMILES string of the molecule is C=CC[C@]1(C(=O)c2cccc(C(F)(F)F)c2)CCCN1C(=O)OC(C)(C)C. The molecule has 0 saturated carbocycles. The van der Waals surface area contributed by atoms with Crippen LogP contribution in [0.2, 0.25) is 0 Å². The van der Waals surface area contributed by atoms with Crippen molar-refractivity contribution >= 4 is 11.9 Å². The predicted molar refractivity (Wildman–Crippen MR) is 95.5 cm³/mol. The number of ether oxygens (including phenoxy) is 1. The zero-order valence-corrected chi connectivity index (χ0v) is 15.7. The van der Waals surface area contributed by atoms with Crippen LogP contribution < -0.4 is 0 Å². The lowest BCUT2D eigenvalue weighted by molar-refractivity contribution is -0.137. The van der Waals surface area contributed by atoms with Gasteiger partial charge in [0.25, 0.3) is 0 Å². The fourth-order valence-corrected chi connectivity index (χ4v) is 3.35. The van der Waals surface area contributed by atoms with Gasteiger partial charge in [0, 0.05) is 12.1 Å². The number of ketones is 1. The van der Waals surface area contributed by atoms with E-state index in [0.29, 0.717) is 19.4 Å². The molecule has 2 rings (SSSR count). The lowest BCUT2D eigenvalue weighted by Crippen LogP contribution is -2.54. The van der Waals surface area contributed by atoms with Gasteiger partial charge in [-0.2, -0.15) is 13.2 Å². The van der Waals surface area contributed by atoms with Crippen molar-refractivity contribution in [3.8, 4) is 0 Å². The zero-order chi connectivity index (χ0) is 20.5. The number of carbonyl (C=O) groups excluding carboxylic acids is 2. The van der Waals surface area contributed by atoms with Gasteiger partial charge in [-0.05, 0) is 52.2 Å².